The van der Waals surface area contributed by atoms with Crippen LogP contribution in [0.3, 0.4) is 0 Å². The van der Waals surface area contributed by atoms with Crippen molar-refractivity contribution in [1.82, 2.24) is 0 Å². The lowest BCUT2D eigenvalue weighted by atomic mass is 10.8. The summed E-state index contributed by atoms with van der Waals surface area (Å²) < 4.78 is 9.63. The Hall–Kier alpha value is 0.650. The van der Waals surface area contributed by atoms with Crippen molar-refractivity contribution in [3.8, 4) is 0 Å². The molecule has 0 saturated carbocycles. The molecule has 0 atom stereocenters. The molecule has 0 saturated heterocycles. The Kier molecular flexibility index (Phi) is 7.27. The predicted molar refractivity (Wildman–Crippen MR) is 36.5 cm³/mol. The summed E-state index contributed by atoms with van der Waals surface area (Å²) in [5, 5.41) is 0. The molecule has 0 heterocycles. The first-order valence-corrected chi connectivity index (χ1v) is 3.11. The molecule has 0 aromatic rings. The maximum absolute atomic E-state index is 4.94. The third-order valence-corrected chi connectivity index (χ3v) is 0.949. The van der Waals surface area contributed by atoms with E-state index in [1.807, 2.05) is 29.9 Å². The van der Waals surface area contributed by atoms with Gasteiger partial charge in [-0.05, 0) is 6.92 Å². The van der Waals surface area contributed by atoms with Crippen molar-refractivity contribution < 1.29 is 7.80 Å². The molecular weight excluding hydrogens is 207 g/mol. The molecule has 3 heteroatoms. The molecule has 0 rings (SSSR count). The smallest absolute Gasteiger partial charge is 0.109 e. The van der Waals surface area contributed by atoms with Crippen LogP contribution in [0.2, 0.25) is 0 Å². The Morgan fingerprint density at radius 1 is 1.43 bits per heavy atom. The highest BCUT2D eigenvalue weighted by Gasteiger charge is 1.79. The molecule has 0 amide bonds. The van der Waals surface area contributed by atoms with Crippen LogP contribution in [0.25, 0.3) is 0 Å². The largest absolute Gasteiger partial charge is 0.379 e. The molecule has 0 fully saturated rings. The van der Waals surface area contributed by atoms with Crippen molar-refractivity contribution in [1.29, 1.82) is 0 Å². The molecule has 0 aromatic carbocycles. The molecule has 0 spiro atoms. The summed E-state index contributed by atoms with van der Waals surface area (Å²) in [4.78, 5) is 0. The van der Waals surface area contributed by atoms with Crippen LogP contribution < -0.4 is 0 Å². The SMILES string of the molecule is CCOCCOI. The average Bonchev–Trinajstić information content (AvgIpc) is 1.69. The van der Waals surface area contributed by atoms with Crippen LogP contribution in [-0.4, -0.2) is 19.8 Å². The lowest BCUT2D eigenvalue weighted by Gasteiger charge is -1.94. The normalized spacial score (nSPS) is 9.43. The monoisotopic (exact) mass is 216 g/mol. The van der Waals surface area contributed by atoms with E-state index in [0.29, 0.717) is 13.2 Å². The standard InChI is InChI=1S/C4H9IO2/c1-2-6-3-4-7-5/h2-4H2,1H3. The molecule has 0 aromatic heterocycles. The lowest BCUT2D eigenvalue weighted by molar-refractivity contribution is 0.124. The minimum atomic E-state index is 0.689. The third kappa shape index (κ3) is 6.65. The fourth-order valence-electron chi connectivity index (χ4n) is 0.235. The van der Waals surface area contributed by atoms with Crippen molar-refractivity contribution in [2.45, 2.75) is 6.92 Å². The Labute approximate surface area is 57.9 Å². The van der Waals surface area contributed by atoms with Crippen LogP contribution in [0.15, 0.2) is 0 Å². The van der Waals surface area contributed by atoms with Crippen molar-refractivity contribution in [2.75, 3.05) is 19.8 Å². The second-order valence-electron chi connectivity index (χ2n) is 1.01. The Morgan fingerprint density at radius 2 is 2.14 bits per heavy atom. The number of ether oxygens (including phenoxy) is 1. The van der Waals surface area contributed by atoms with Gasteiger partial charge in [-0.2, -0.15) is 0 Å². The van der Waals surface area contributed by atoms with Crippen LogP contribution >= 0.6 is 23.0 Å². The molecule has 44 valence electrons. The first-order valence-electron chi connectivity index (χ1n) is 2.23. The van der Waals surface area contributed by atoms with Crippen molar-refractivity contribution in [2.24, 2.45) is 0 Å². The molecule has 0 radical (unpaired) electrons. The van der Waals surface area contributed by atoms with E-state index < -0.39 is 0 Å². The van der Waals surface area contributed by atoms with E-state index in [4.69, 9.17) is 4.74 Å². The van der Waals surface area contributed by atoms with Gasteiger partial charge in [-0.25, -0.2) is 0 Å². The molecule has 7 heavy (non-hydrogen) atoms. The highest BCUT2D eigenvalue weighted by molar-refractivity contribution is 14.1. The van der Waals surface area contributed by atoms with Crippen LogP contribution in [0.1, 0.15) is 6.92 Å². The maximum atomic E-state index is 4.94. The zero-order chi connectivity index (χ0) is 5.54. The van der Waals surface area contributed by atoms with Crippen molar-refractivity contribution in [3.63, 3.8) is 0 Å². The fourth-order valence-corrected chi connectivity index (χ4v) is 0.415. The highest BCUT2D eigenvalue weighted by atomic mass is 127. The second kappa shape index (κ2) is 6.65. The van der Waals surface area contributed by atoms with Crippen LogP contribution in [-0.2, 0) is 7.80 Å². The molecule has 0 aliphatic rings. The quantitative estimate of drug-likeness (QED) is 0.522. The molecule has 2 nitrogen and oxygen atoms in total. The van der Waals surface area contributed by atoms with E-state index in [1.54, 1.807) is 0 Å². The van der Waals surface area contributed by atoms with Crippen LogP contribution in [0.4, 0.5) is 0 Å². The fraction of sp³-hybridized carbons (Fsp3) is 1.00. The van der Waals surface area contributed by atoms with E-state index in [9.17, 15) is 0 Å². The lowest BCUT2D eigenvalue weighted by Crippen LogP contribution is -1.97. The van der Waals surface area contributed by atoms with Gasteiger partial charge in [-0.3, -0.25) is 0 Å². The summed E-state index contributed by atoms with van der Waals surface area (Å²) in [5.74, 6) is 0. The van der Waals surface area contributed by atoms with Gasteiger partial charge in [0.15, 0.2) is 0 Å². The van der Waals surface area contributed by atoms with Gasteiger partial charge in [0.25, 0.3) is 0 Å². The first kappa shape index (κ1) is 7.65. The second-order valence-corrected chi connectivity index (χ2v) is 1.63. The van der Waals surface area contributed by atoms with Gasteiger partial charge in [0.2, 0.25) is 0 Å². The zero-order valence-corrected chi connectivity index (χ0v) is 6.47. The van der Waals surface area contributed by atoms with Gasteiger partial charge in [-0.1, -0.05) is 0 Å². The van der Waals surface area contributed by atoms with Crippen molar-refractivity contribution >= 4 is 23.0 Å². The Morgan fingerprint density at radius 3 is 2.57 bits per heavy atom. The van der Waals surface area contributed by atoms with Gasteiger partial charge in [-0.15, -0.1) is 0 Å². The number of halogens is 1. The summed E-state index contributed by atoms with van der Waals surface area (Å²) >= 11 is 1.85. The summed E-state index contributed by atoms with van der Waals surface area (Å²) in [6.07, 6.45) is 0. The van der Waals surface area contributed by atoms with E-state index >= 15 is 0 Å². The molecule has 0 aliphatic heterocycles. The number of hydrogen-bond donors (Lipinski definition) is 0. The molecule has 0 unspecified atom stereocenters. The molecule has 0 aliphatic carbocycles. The van der Waals surface area contributed by atoms with Gasteiger partial charge in [0.1, 0.15) is 23.0 Å². The van der Waals surface area contributed by atoms with Crippen LogP contribution in [0, 0.1) is 0 Å². The van der Waals surface area contributed by atoms with Crippen LogP contribution in [0.5, 0.6) is 0 Å². The first-order chi connectivity index (χ1) is 3.41. The number of hydrogen-bond acceptors (Lipinski definition) is 2. The van der Waals surface area contributed by atoms with E-state index in [2.05, 4.69) is 3.07 Å². The maximum Gasteiger partial charge on any atom is 0.109 e. The van der Waals surface area contributed by atoms with E-state index in [-0.39, 0.29) is 0 Å². The van der Waals surface area contributed by atoms with Crippen molar-refractivity contribution in [3.05, 3.63) is 0 Å². The summed E-state index contributed by atoms with van der Waals surface area (Å²) in [6.45, 7) is 4.14. The van der Waals surface area contributed by atoms with Gasteiger partial charge in [0.05, 0.1) is 13.2 Å². The van der Waals surface area contributed by atoms with E-state index in [1.165, 1.54) is 0 Å². The summed E-state index contributed by atoms with van der Waals surface area (Å²) in [7, 11) is 0. The van der Waals surface area contributed by atoms with Gasteiger partial charge >= 0.3 is 0 Å². The minimum absolute atomic E-state index is 0.689. The number of rotatable bonds is 4. The molecule has 0 bridgehead atoms. The van der Waals surface area contributed by atoms with E-state index in [0.717, 1.165) is 6.61 Å². The molecule has 0 N–H and O–H groups in total. The Balaban J connectivity index is 2.45. The minimum Gasteiger partial charge on any atom is -0.379 e. The molecular formula is C4H9IO2. The topological polar surface area (TPSA) is 18.5 Å². The summed E-state index contributed by atoms with van der Waals surface area (Å²) in [6, 6.07) is 0. The van der Waals surface area contributed by atoms with Gasteiger partial charge < -0.3 is 7.80 Å². The summed E-state index contributed by atoms with van der Waals surface area (Å²) in [5.41, 5.74) is 0. The Bertz CT molecular complexity index is 28.9. The van der Waals surface area contributed by atoms with Gasteiger partial charge in [0, 0.05) is 6.61 Å². The zero-order valence-electron chi connectivity index (χ0n) is 4.32. The third-order valence-electron chi connectivity index (χ3n) is 0.509. The highest BCUT2D eigenvalue weighted by Crippen LogP contribution is 1.83. The average molecular weight is 216 g/mol. The predicted octanol–water partition coefficient (Wildman–Crippen LogP) is 1.39.